The Balaban J connectivity index is 1.61. The maximum absolute atomic E-state index is 12.7. The molecule has 2 N–H and O–H groups in total. The van der Waals surface area contributed by atoms with Gasteiger partial charge in [0.05, 0.1) is 16.4 Å². The van der Waals surface area contributed by atoms with Gasteiger partial charge in [0.1, 0.15) is 11.8 Å². The maximum atomic E-state index is 12.7. The van der Waals surface area contributed by atoms with Gasteiger partial charge in [-0.1, -0.05) is 37.6 Å². The molecule has 0 bridgehead atoms. The summed E-state index contributed by atoms with van der Waals surface area (Å²) in [7, 11) is 0. The smallest absolute Gasteiger partial charge is 0.262 e. The lowest BCUT2D eigenvalue weighted by Gasteiger charge is -2.16. The lowest BCUT2D eigenvalue weighted by Crippen LogP contribution is -2.25. The van der Waals surface area contributed by atoms with Crippen LogP contribution in [0.4, 0.5) is 11.4 Å². The van der Waals surface area contributed by atoms with Gasteiger partial charge in [-0.2, -0.15) is 5.10 Å². The topological polar surface area (TPSA) is 85.3 Å². The van der Waals surface area contributed by atoms with Crippen molar-refractivity contribution in [2.75, 3.05) is 17.2 Å². The number of aryl methyl sites for hydroxylation is 3. The van der Waals surface area contributed by atoms with E-state index in [-0.39, 0.29) is 24.3 Å². The van der Waals surface area contributed by atoms with E-state index < -0.39 is 6.04 Å². The van der Waals surface area contributed by atoms with Crippen LogP contribution in [0.5, 0.6) is 5.75 Å². The van der Waals surface area contributed by atoms with Gasteiger partial charge in [0.25, 0.3) is 5.91 Å². The van der Waals surface area contributed by atoms with Crippen molar-refractivity contribution in [3.8, 4) is 5.75 Å². The van der Waals surface area contributed by atoms with Crippen LogP contribution in [0.15, 0.2) is 42.5 Å². The van der Waals surface area contributed by atoms with E-state index in [0.29, 0.717) is 22.1 Å². The van der Waals surface area contributed by atoms with Gasteiger partial charge in [-0.25, -0.2) is 0 Å². The lowest BCUT2D eigenvalue weighted by atomic mass is 10.0. The van der Waals surface area contributed by atoms with E-state index in [0.717, 1.165) is 22.5 Å². The van der Waals surface area contributed by atoms with E-state index in [1.54, 1.807) is 29.8 Å². The van der Waals surface area contributed by atoms with Crippen LogP contribution < -0.4 is 15.4 Å². The summed E-state index contributed by atoms with van der Waals surface area (Å²) in [6.07, 6.45) is 0. The van der Waals surface area contributed by atoms with Gasteiger partial charge in [-0.05, 0) is 75.1 Å². The van der Waals surface area contributed by atoms with Crippen LogP contribution in [0.25, 0.3) is 0 Å². The molecule has 0 spiro atoms. The lowest BCUT2D eigenvalue weighted by molar-refractivity contribution is -0.119. The number of carbonyl (C=O) groups excluding carboxylic acids is 2. The molecule has 0 fully saturated rings. The monoisotopic (exact) mass is 482 g/mol. The second-order valence-electron chi connectivity index (χ2n) is 8.76. The third-order valence-corrected chi connectivity index (χ3v) is 5.76. The molecule has 2 aromatic carbocycles. The number of nitrogens with zero attached hydrogens (tertiary/aromatic N) is 2. The summed E-state index contributed by atoms with van der Waals surface area (Å²) in [6, 6.07) is 12.3. The van der Waals surface area contributed by atoms with Crippen LogP contribution in [0.2, 0.25) is 5.02 Å². The molecule has 1 atom stereocenters. The number of ether oxygens (including phenoxy) is 1. The molecule has 1 heterocycles. The van der Waals surface area contributed by atoms with Crippen molar-refractivity contribution in [2.45, 2.75) is 53.5 Å². The summed E-state index contributed by atoms with van der Waals surface area (Å²) in [5.41, 5.74) is 4.83. The van der Waals surface area contributed by atoms with Crippen LogP contribution in [0.3, 0.4) is 0 Å². The Bertz CT molecular complexity index is 1200. The van der Waals surface area contributed by atoms with Crippen molar-refractivity contribution in [1.82, 2.24) is 9.78 Å². The Morgan fingerprint density at radius 1 is 1.03 bits per heavy atom. The summed E-state index contributed by atoms with van der Waals surface area (Å²) in [5, 5.41) is 10.3. The maximum Gasteiger partial charge on any atom is 0.262 e. The van der Waals surface area contributed by atoms with Gasteiger partial charge >= 0.3 is 0 Å². The number of anilines is 2. The van der Waals surface area contributed by atoms with Gasteiger partial charge in [0.15, 0.2) is 6.61 Å². The highest BCUT2D eigenvalue weighted by molar-refractivity contribution is 6.34. The zero-order chi connectivity index (χ0) is 25.0. The molecule has 0 saturated heterocycles. The quantitative estimate of drug-likeness (QED) is 0.424. The molecule has 0 aliphatic rings. The first-order valence-electron chi connectivity index (χ1n) is 11.2. The van der Waals surface area contributed by atoms with Crippen LogP contribution >= 0.6 is 11.6 Å². The van der Waals surface area contributed by atoms with Crippen LogP contribution in [0, 0.1) is 20.8 Å². The summed E-state index contributed by atoms with van der Waals surface area (Å²) in [4.78, 5) is 25.1. The van der Waals surface area contributed by atoms with Crippen LogP contribution in [0.1, 0.15) is 55.2 Å². The van der Waals surface area contributed by atoms with Gasteiger partial charge in [0.2, 0.25) is 5.91 Å². The van der Waals surface area contributed by atoms with Crippen LogP contribution in [-0.2, 0) is 9.59 Å². The standard InChI is InChI=1S/C26H31ClN4O3/c1-15(2)21-9-7-16(3)11-24(21)34-14-25(32)28-20-8-10-23(22(27)13-20)29-26(33)19(6)31-18(5)12-17(4)30-31/h7-13,15,19H,14H2,1-6H3,(H,28,32)(H,29,33). The molecule has 1 unspecified atom stereocenters. The third kappa shape index (κ3) is 6.17. The minimum Gasteiger partial charge on any atom is -0.483 e. The van der Waals surface area contributed by atoms with Crippen LogP contribution in [-0.4, -0.2) is 28.2 Å². The molecule has 2 amide bonds. The number of carbonyl (C=O) groups is 2. The molecule has 3 rings (SSSR count). The largest absolute Gasteiger partial charge is 0.483 e. The summed E-state index contributed by atoms with van der Waals surface area (Å²) >= 11 is 6.37. The Morgan fingerprint density at radius 3 is 2.38 bits per heavy atom. The summed E-state index contributed by atoms with van der Waals surface area (Å²) < 4.78 is 7.46. The first-order valence-corrected chi connectivity index (χ1v) is 11.6. The highest BCUT2D eigenvalue weighted by atomic mass is 35.5. The van der Waals surface area contributed by atoms with E-state index >= 15 is 0 Å². The van der Waals surface area contributed by atoms with E-state index in [1.165, 1.54) is 0 Å². The SMILES string of the molecule is Cc1ccc(C(C)C)c(OCC(=O)Nc2ccc(NC(=O)C(C)n3nc(C)cc3C)c(Cl)c2)c1. The van der Waals surface area contributed by atoms with E-state index in [9.17, 15) is 9.59 Å². The number of nitrogens with one attached hydrogen (secondary N) is 2. The molecular formula is C26H31ClN4O3. The number of benzene rings is 2. The van der Waals surface area contributed by atoms with Crippen molar-refractivity contribution in [2.24, 2.45) is 0 Å². The van der Waals surface area contributed by atoms with Crippen molar-refractivity contribution >= 4 is 34.8 Å². The fourth-order valence-electron chi connectivity index (χ4n) is 3.66. The fourth-order valence-corrected chi connectivity index (χ4v) is 3.89. The van der Waals surface area contributed by atoms with Gasteiger partial charge in [-0.3, -0.25) is 14.3 Å². The summed E-state index contributed by atoms with van der Waals surface area (Å²) in [5.74, 6) is 0.446. The molecule has 34 heavy (non-hydrogen) atoms. The molecule has 3 aromatic rings. The predicted molar refractivity (Wildman–Crippen MR) is 136 cm³/mol. The van der Waals surface area contributed by atoms with Crippen molar-refractivity contribution in [1.29, 1.82) is 0 Å². The number of halogens is 1. The molecule has 0 aliphatic carbocycles. The zero-order valence-corrected chi connectivity index (χ0v) is 21.2. The molecular weight excluding hydrogens is 452 g/mol. The Kier molecular flexibility index (Phi) is 7.99. The number of hydrogen-bond donors (Lipinski definition) is 2. The molecule has 0 radical (unpaired) electrons. The fraction of sp³-hybridized carbons (Fsp3) is 0.346. The average Bonchev–Trinajstić information content (AvgIpc) is 3.11. The normalized spacial score (nSPS) is 11.9. The average molecular weight is 483 g/mol. The number of hydrogen-bond acceptors (Lipinski definition) is 4. The second kappa shape index (κ2) is 10.7. The van der Waals surface area contributed by atoms with E-state index in [1.807, 2.05) is 45.0 Å². The van der Waals surface area contributed by atoms with Crippen molar-refractivity contribution in [3.63, 3.8) is 0 Å². The Morgan fingerprint density at radius 2 is 1.76 bits per heavy atom. The highest BCUT2D eigenvalue weighted by Crippen LogP contribution is 2.28. The van der Waals surface area contributed by atoms with E-state index in [4.69, 9.17) is 16.3 Å². The Hall–Kier alpha value is -3.32. The molecule has 0 saturated carbocycles. The van der Waals surface area contributed by atoms with Gasteiger partial charge in [-0.15, -0.1) is 0 Å². The molecule has 180 valence electrons. The number of aromatic nitrogens is 2. The molecule has 1 aromatic heterocycles. The zero-order valence-electron chi connectivity index (χ0n) is 20.4. The first-order chi connectivity index (χ1) is 16.0. The first kappa shape index (κ1) is 25.3. The minimum atomic E-state index is -0.501. The highest BCUT2D eigenvalue weighted by Gasteiger charge is 2.19. The molecule has 8 heteroatoms. The summed E-state index contributed by atoms with van der Waals surface area (Å²) in [6.45, 7) is 11.6. The second-order valence-corrected chi connectivity index (χ2v) is 9.17. The van der Waals surface area contributed by atoms with Crippen molar-refractivity contribution < 1.29 is 14.3 Å². The van der Waals surface area contributed by atoms with Gasteiger partial charge in [0, 0.05) is 11.4 Å². The number of rotatable bonds is 8. The van der Waals surface area contributed by atoms with Gasteiger partial charge < -0.3 is 15.4 Å². The Labute approximate surface area is 205 Å². The minimum absolute atomic E-state index is 0.126. The molecule has 0 aliphatic heterocycles. The van der Waals surface area contributed by atoms with E-state index in [2.05, 4.69) is 29.6 Å². The predicted octanol–water partition coefficient (Wildman–Crippen LogP) is 5.80. The third-order valence-electron chi connectivity index (χ3n) is 5.45. The number of amides is 2. The molecule has 7 nitrogen and oxygen atoms in total. The van der Waals surface area contributed by atoms with Crippen molar-refractivity contribution in [3.05, 3.63) is 70.0 Å².